The molecular formula is C26H17ClFN5O3. The van der Waals surface area contributed by atoms with Gasteiger partial charge in [-0.3, -0.25) is 19.6 Å². The van der Waals surface area contributed by atoms with Gasteiger partial charge in [0.1, 0.15) is 17.5 Å². The molecule has 0 spiro atoms. The van der Waals surface area contributed by atoms with Crippen molar-refractivity contribution in [3.05, 3.63) is 117 Å². The second kappa shape index (κ2) is 10.6. The average molecular weight is 502 g/mol. The highest BCUT2D eigenvalue weighted by Gasteiger charge is 2.16. The van der Waals surface area contributed by atoms with Crippen LogP contribution in [-0.4, -0.2) is 20.6 Å². The number of benzene rings is 3. The monoisotopic (exact) mass is 501 g/mol. The molecule has 1 N–H and O–H groups in total. The van der Waals surface area contributed by atoms with Crippen LogP contribution in [0.15, 0.2) is 84.6 Å². The Morgan fingerprint density at radius 3 is 2.64 bits per heavy atom. The van der Waals surface area contributed by atoms with E-state index in [-0.39, 0.29) is 28.5 Å². The quantitative estimate of drug-likeness (QED) is 0.148. The number of nitrogens with one attached hydrogen (secondary N) is 1. The molecule has 1 heterocycles. The topological polar surface area (TPSA) is 114 Å². The molecular weight excluding hydrogens is 485 g/mol. The summed E-state index contributed by atoms with van der Waals surface area (Å²) >= 11 is 6.17. The predicted molar refractivity (Wildman–Crippen MR) is 133 cm³/mol. The minimum Gasteiger partial charge on any atom is -0.321 e. The molecule has 178 valence electrons. The van der Waals surface area contributed by atoms with E-state index in [4.69, 9.17) is 11.6 Å². The average Bonchev–Trinajstić information content (AvgIpc) is 3.27. The van der Waals surface area contributed by atoms with E-state index in [0.29, 0.717) is 16.8 Å². The highest BCUT2D eigenvalue weighted by molar-refractivity contribution is 6.31. The Bertz CT molecular complexity index is 1530. The molecule has 4 aromatic rings. The van der Waals surface area contributed by atoms with E-state index in [2.05, 4.69) is 10.4 Å². The summed E-state index contributed by atoms with van der Waals surface area (Å²) in [5.74, 6) is -1.18. The van der Waals surface area contributed by atoms with Crippen LogP contribution in [0, 0.1) is 27.3 Å². The van der Waals surface area contributed by atoms with Gasteiger partial charge in [-0.15, -0.1) is 0 Å². The van der Waals surface area contributed by atoms with E-state index in [1.807, 2.05) is 36.4 Å². The lowest BCUT2D eigenvalue weighted by atomic mass is 10.1. The molecule has 0 aliphatic rings. The summed E-state index contributed by atoms with van der Waals surface area (Å²) in [6.45, 7) is 0.231. The first-order valence-corrected chi connectivity index (χ1v) is 11.0. The molecule has 0 saturated heterocycles. The molecule has 3 aromatic carbocycles. The molecule has 0 unspecified atom stereocenters. The summed E-state index contributed by atoms with van der Waals surface area (Å²) < 4.78 is 15.0. The summed E-state index contributed by atoms with van der Waals surface area (Å²) in [4.78, 5) is 23.2. The van der Waals surface area contributed by atoms with Crippen molar-refractivity contribution in [2.24, 2.45) is 0 Å². The fourth-order valence-electron chi connectivity index (χ4n) is 3.47. The molecule has 0 atom stereocenters. The van der Waals surface area contributed by atoms with Crippen LogP contribution in [0.25, 0.3) is 17.3 Å². The zero-order valence-corrected chi connectivity index (χ0v) is 19.3. The molecule has 0 saturated carbocycles. The van der Waals surface area contributed by atoms with Gasteiger partial charge in [0.2, 0.25) is 0 Å². The number of nitro benzene ring substituents is 1. The van der Waals surface area contributed by atoms with E-state index in [0.717, 1.165) is 5.56 Å². The minimum absolute atomic E-state index is 0.181. The van der Waals surface area contributed by atoms with Gasteiger partial charge in [0, 0.05) is 40.2 Å². The van der Waals surface area contributed by atoms with Gasteiger partial charge in [-0.2, -0.15) is 10.4 Å². The van der Waals surface area contributed by atoms with Gasteiger partial charge in [-0.1, -0.05) is 54.1 Å². The number of hydrogen-bond acceptors (Lipinski definition) is 5. The normalized spacial score (nSPS) is 11.1. The Hall–Kier alpha value is -4.81. The molecule has 0 bridgehead atoms. The maximum absolute atomic E-state index is 13.4. The highest BCUT2D eigenvalue weighted by atomic mass is 35.5. The maximum Gasteiger partial charge on any atom is 0.271 e. The number of carbonyl (C=O) groups is 1. The van der Waals surface area contributed by atoms with Crippen LogP contribution in [0.2, 0.25) is 5.02 Å². The summed E-state index contributed by atoms with van der Waals surface area (Å²) in [6.07, 6.45) is 3.05. The van der Waals surface area contributed by atoms with Crippen LogP contribution in [-0.2, 0) is 11.3 Å². The number of anilines is 1. The van der Waals surface area contributed by atoms with Crippen LogP contribution in [0.5, 0.6) is 0 Å². The number of nitro groups is 1. The van der Waals surface area contributed by atoms with Crippen LogP contribution < -0.4 is 5.32 Å². The molecule has 4 rings (SSSR count). The fourth-order valence-corrected chi connectivity index (χ4v) is 3.69. The Balaban J connectivity index is 1.69. The second-order valence-electron chi connectivity index (χ2n) is 7.66. The van der Waals surface area contributed by atoms with Gasteiger partial charge in [0.25, 0.3) is 11.6 Å². The van der Waals surface area contributed by atoms with Gasteiger partial charge in [-0.05, 0) is 29.8 Å². The number of carbonyl (C=O) groups excluding carboxylic acids is 1. The van der Waals surface area contributed by atoms with E-state index >= 15 is 0 Å². The van der Waals surface area contributed by atoms with Gasteiger partial charge >= 0.3 is 0 Å². The van der Waals surface area contributed by atoms with Crippen LogP contribution in [0.1, 0.15) is 11.1 Å². The molecule has 0 radical (unpaired) electrons. The molecule has 0 aliphatic carbocycles. The maximum atomic E-state index is 13.4. The molecule has 0 aliphatic heterocycles. The van der Waals surface area contributed by atoms with E-state index in [1.165, 1.54) is 42.5 Å². The van der Waals surface area contributed by atoms with Crippen molar-refractivity contribution in [3.63, 3.8) is 0 Å². The largest absolute Gasteiger partial charge is 0.321 e. The first-order valence-electron chi connectivity index (χ1n) is 10.6. The summed E-state index contributed by atoms with van der Waals surface area (Å²) in [5.41, 5.74) is 2.17. The third-order valence-corrected chi connectivity index (χ3v) is 5.52. The van der Waals surface area contributed by atoms with Gasteiger partial charge in [-0.25, -0.2) is 4.39 Å². The number of aromatic nitrogens is 2. The summed E-state index contributed by atoms with van der Waals surface area (Å²) in [7, 11) is 0. The lowest BCUT2D eigenvalue weighted by Gasteiger charge is -2.04. The van der Waals surface area contributed by atoms with Crippen molar-refractivity contribution in [3.8, 4) is 17.3 Å². The van der Waals surface area contributed by atoms with Crippen molar-refractivity contribution in [2.45, 2.75) is 6.54 Å². The standard InChI is InChI=1S/C26H17ClFN5O3/c27-24-12-21(28)10-9-18(24)15-32-16-20(25(31-32)17-5-2-1-3-6-17)11-19(14-29)26(34)30-22-7-4-8-23(13-22)33(35)36/h1-13,16H,15H2,(H,30,34). The van der Waals surface area contributed by atoms with Crippen molar-refractivity contribution in [1.82, 2.24) is 9.78 Å². The first kappa shape index (κ1) is 24.3. The van der Waals surface area contributed by atoms with Crippen molar-refractivity contribution >= 4 is 35.0 Å². The Morgan fingerprint density at radius 1 is 1.17 bits per heavy atom. The molecule has 10 heteroatoms. The van der Waals surface area contributed by atoms with Crippen LogP contribution >= 0.6 is 11.6 Å². The molecule has 1 aromatic heterocycles. The Morgan fingerprint density at radius 2 is 1.94 bits per heavy atom. The second-order valence-corrected chi connectivity index (χ2v) is 8.07. The van der Waals surface area contributed by atoms with Gasteiger partial charge in [0.05, 0.1) is 17.2 Å². The highest BCUT2D eigenvalue weighted by Crippen LogP contribution is 2.26. The van der Waals surface area contributed by atoms with E-state index < -0.39 is 16.6 Å². The van der Waals surface area contributed by atoms with Crippen molar-refractivity contribution in [1.29, 1.82) is 5.26 Å². The predicted octanol–water partition coefficient (Wildman–Crippen LogP) is 5.84. The van der Waals surface area contributed by atoms with Crippen LogP contribution in [0.3, 0.4) is 0 Å². The Labute approximate surface area is 210 Å². The third-order valence-electron chi connectivity index (χ3n) is 5.16. The lowest BCUT2D eigenvalue weighted by molar-refractivity contribution is -0.384. The zero-order valence-electron chi connectivity index (χ0n) is 18.6. The molecule has 1 amide bonds. The fraction of sp³-hybridized carbons (Fsp3) is 0.0385. The first-order chi connectivity index (χ1) is 17.3. The minimum atomic E-state index is -0.730. The van der Waals surface area contributed by atoms with Crippen molar-refractivity contribution in [2.75, 3.05) is 5.32 Å². The zero-order chi connectivity index (χ0) is 25.7. The van der Waals surface area contributed by atoms with Gasteiger partial charge in [0.15, 0.2) is 0 Å². The SMILES string of the molecule is N#CC(=Cc1cn(Cc2ccc(F)cc2Cl)nc1-c1ccccc1)C(=O)Nc1cccc([N+](=O)[O-])c1. The number of halogens is 2. The number of nitrogens with zero attached hydrogens (tertiary/aromatic N) is 4. The number of non-ortho nitro benzene ring substituents is 1. The summed E-state index contributed by atoms with van der Waals surface area (Å²) in [6, 6.07) is 20.6. The van der Waals surface area contributed by atoms with Crippen molar-refractivity contribution < 1.29 is 14.1 Å². The lowest BCUT2D eigenvalue weighted by Crippen LogP contribution is -2.13. The third kappa shape index (κ3) is 5.63. The summed E-state index contributed by atoms with van der Waals surface area (Å²) in [5, 5.41) is 28.0. The number of hydrogen-bond donors (Lipinski definition) is 1. The molecule has 8 nitrogen and oxygen atoms in total. The number of amides is 1. The van der Waals surface area contributed by atoms with E-state index in [9.17, 15) is 24.6 Å². The number of rotatable bonds is 7. The Kier molecular flexibility index (Phi) is 7.18. The van der Waals surface area contributed by atoms with E-state index in [1.54, 1.807) is 16.9 Å². The smallest absolute Gasteiger partial charge is 0.271 e. The van der Waals surface area contributed by atoms with Gasteiger partial charge < -0.3 is 5.32 Å². The molecule has 0 fully saturated rings. The molecule has 36 heavy (non-hydrogen) atoms. The van der Waals surface area contributed by atoms with Crippen LogP contribution in [0.4, 0.5) is 15.8 Å². The number of nitriles is 1.